The molecule has 2 saturated carbocycles. The summed E-state index contributed by atoms with van der Waals surface area (Å²) in [6.07, 6.45) is 10.1. The molecular formula is C29H36N6O2U. The van der Waals surface area contributed by atoms with Gasteiger partial charge in [-0.1, -0.05) is 0 Å². The number of aromatic nitrogens is 2. The van der Waals surface area contributed by atoms with Crippen LogP contribution in [0.1, 0.15) is 31.4 Å². The van der Waals surface area contributed by atoms with Crippen molar-refractivity contribution in [2.75, 3.05) is 20.2 Å². The van der Waals surface area contributed by atoms with Crippen LogP contribution in [0.25, 0.3) is 11.0 Å². The third kappa shape index (κ3) is 4.31. The van der Waals surface area contributed by atoms with Gasteiger partial charge < -0.3 is 39.2 Å². The Bertz CT molecular complexity index is 1330. The minimum absolute atomic E-state index is 0. The van der Waals surface area contributed by atoms with Crippen LogP contribution in [0.2, 0.25) is 0 Å². The van der Waals surface area contributed by atoms with Gasteiger partial charge in [-0.05, 0) is 67.9 Å². The number of ether oxygens (including phenoxy) is 1. The molecule has 9 heteroatoms. The Morgan fingerprint density at radius 3 is 2.74 bits per heavy atom. The number of nitrogens with zero attached hydrogens (tertiary/aromatic N) is 5. The number of rotatable bonds is 6. The molecule has 2 bridgehead atoms. The Morgan fingerprint density at radius 1 is 1.26 bits per heavy atom. The molecule has 2 aromatic heterocycles. The zero-order chi connectivity index (χ0) is 24.6. The molecule has 5 aliphatic rings. The SMILES string of the molecule is [CH2-]CN1C(c2cc3cccnc3n2CC2CC2)=NC2=CC(C(=O)N3C[C@H]4CC[C@@H]3C4N)=CC(OC)C21.[CH3-].[U+2]. The van der Waals surface area contributed by atoms with Crippen LogP contribution in [0, 0.1) is 57.3 Å². The summed E-state index contributed by atoms with van der Waals surface area (Å²) in [5.74, 6) is 2.04. The van der Waals surface area contributed by atoms with E-state index in [0.29, 0.717) is 24.0 Å². The van der Waals surface area contributed by atoms with Crippen molar-refractivity contribution >= 4 is 22.8 Å². The molecule has 1 saturated heterocycles. The van der Waals surface area contributed by atoms with Crippen molar-refractivity contribution < 1.29 is 40.6 Å². The fraction of sp³-hybridized carbons (Fsp3) is 0.483. The minimum Gasteiger partial charge on any atom is -0.375 e. The number of nitrogens with two attached hydrogens (primary N) is 1. The number of hydrogen-bond donors (Lipinski definition) is 1. The van der Waals surface area contributed by atoms with Crippen LogP contribution in [0.5, 0.6) is 0 Å². The van der Waals surface area contributed by atoms with Gasteiger partial charge in [-0.2, -0.15) is 0 Å². The predicted octanol–water partition coefficient (Wildman–Crippen LogP) is 2.95. The van der Waals surface area contributed by atoms with Crippen molar-refractivity contribution in [1.82, 2.24) is 19.4 Å². The van der Waals surface area contributed by atoms with E-state index in [4.69, 9.17) is 20.4 Å². The van der Waals surface area contributed by atoms with Gasteiger partial charge in [0.1, 0.15) is 11.8 Å². The summed E-state index contributed by atoms with van der Waals surface area (Å²) in [6.45, 7) is 6.47. The van der Waals surface area contributed by atoms with E-state index < -0.39 is 0 Å². The van der Waals surface area contributed by atoms with Gasteiger partial charge in [0.2, 0.25) is 0 Å². The van der Waals surface area contributed by atoms with Gasteiger partial charge in [-0.3, -0.25) is 4.79 Å². The first-order valence-electron chi connectivity index (χ1n) is 13.2. The number of piperidine rings is 1. The number of pyridine rings is 1. The maximum absolute atomic E-state index is 13.6. The van der Waals surface area contributed by atoms with E-state index in [1.54, 1.807) is 7.11 Å². The summed E-state index contributed by atoms with van der Waals surface area (Å²) in [4.78, 5) is 27.6. The molecule has 2 aromatic rings. The number of carbonyl (C=O) groups is 1. The summed E-state index contributed by atoms with van der Waals surface area (Å²) in [5, 5.41) is 1.11. The van der Waals surface area contributed by atoms with Crippen LogP contribution in [-0.4, -0.2) is 75.5 Å². The van der Waals surface area contributed by atoms with Crippen molar-refractivity contribution in [2.24, 2.45) is 22.6 Å². The molecule has 2 aliphatic heterocycles. The van der Waals surface area contributed by atoms with Gasteiger partial charge in [0.15, 0.2) is 5.84 Å². The van der Waals surface area contributed by atoms with E-state index in [2.05, 4.69) is 28.5 Å². The normalized spacial score (nSPS) is 29.4. The van der Waals surface area contributed by atoms with Gasteiger partial charge in [0, 0.05) is 49.4 Å². The van der Waals surface area contributed by atoms with E-state index in [0.717, 1.165) is 54.2 Å². The van der Waals surface area contributed by atoms with Crippen LogP contribution in [-0.2, 0) is 16.1 Å². The number of aliphatic imine (C=N–C) groups is 1. The standard InChI is InChI=1S/C28H33N6O2.CH3.U/c1-3-32-25-20(11-19(13-23(25)36-2)28(35)34-15-18-8-9-21(34)24(18)29)31-27(32)22-12-17-5-4-10-30-26(17)33(22)14-16-6-7-16;;/h4-5,10-13,16,18,21,23-25H,1,3,6-9,14-15,29H2,2H3;1H3;/q2*-1;+2/t18-,21-,23?,24?,25?;;/m1../s1. The van der Waals surface area contributed by atoms with Gasteiger partial charge in [0.05, 0.1) is 17.4 Å². The second kappa shape index (κ2) is 10.6. The molecule has 38 heavy (non-hydrogen) atoms. The Morgan fingerprint density at radius 2 is 2.08 bits per heavy atom. The molecule has 7 rings (SSSR count). The molecule has 5 atom stereocenters. The maximum Gasteiger partial charge on any atom is 2.00 e. The van der Waals surface area contributed by atoms with Crippen molar-refractivity contribution in [2.45, 2.75) is 56.5 Å². The average molecular weight is 739 g/mol. The van der Waals surface area contributed by atoms with Gasteiger partial charge in [-0.15, -0.1) is 6.54 Å². The van der Waals surface area contributed by atoms with E-state index in [1.807, 2.05) is 29.3 Å². The number of amidine groups is 1. The van der Waals surface area contributed by atoms with Crippen LogP contribution >= 0.6 is 0 Å². The number of fused-ring (bicyclic) bond motifs is 4. The molecule has 0 aromatic carbocycles. The summed E-state index contributed by atoms with van der Waals surface area (Å²) in [6, 6.07) is 6.40. The molecule has 3 aliphatic carbocycles. The Kier molecular flexibility index (Phi) is 7.69. The van der Waals surface area contributed by atoms with E-state index >= 15 is 0 Å². The number of hydrogen-bond acceptors (Lipinski definition) is 6. The Hall–Kier alpha value is -1.92. The smallest absolute Gasteiger partial charge is 0.375 e. The van der Waals surface area contributed by atoms with Crippen molar-refractivity contribution in [3.05, 3.63) is 67.9 Å². The molecule has 198 valence electrons. The molecule has 3 fully saturated rings. The van der Waals surface area contributed by atoms with Crippen LogP contribution in [0.4, 0.5) is 0 Å². The van der Waals surface area contributed by atoms with Crippen LogP contribution in [0.3, 0.4) is 0 Å². The first-order chi connectivity index (χ1) is 17.6. The van der Waals surface area contributed by atoms with E-state index in [1.165, 1.54) is 12.8 Å². The molecule has 0 spiro atoms. The van der Waals surface area contributed by atoms with Crippen LogP contribution < -0.4 is 5.73 Å². The first-order valence-corrected chi connectivity index (χ1v) is 13.2. The number of methoxy groups -OCH3 is 1. The topological polar surface area (TPSA) is 89.0 Å². The largest absolute Gasteiger partial charge is 2.00 e. The van der Waals surface area contributed by atoms with Gasteiger partial charge in [0.25, 0.3) is 5.91 Å². The second-order valence-electron chi connectivity index (χ2n) is 10.9. The number of amides is 1. The first kappa shape index (κ1) is 27.6. The quantitative estimate of drug-likeness (QED) is 0.461. The molecule has 3 unspecified atom stereocenters. The summed E-state index contributed by atoms with van der Waals surface area (Å²) in [5.41, 5.74) is 9.95. The zero-order valence-electron chi connectivity index (χ0n) is 22.2. The fourth-order valence-corrected chi connectivity index (χ4v) is 6.73. The fourth-order valence-electron chi connectivity index (χ4n) is 6.73. The molecule has 4 heterocycles. The van der Waals surface area contributed by atoms with Gasteiger partial charge >= 0.3 is 31.1 Å². The van der Waals surface area contributed by atoms with Crippen LogP contribution in [0.15, 0.2) is 52.8 Å². The number of likely N-dealkylation sites (tertiary alicyclic amines) is 1. The van der Waals surface area contributed by atoms with E-state index in [9.17, 15) is 4.79 Å². The monoisotopic (exact) mass is 738 g/mol. The number of carbonyl (C=O) groups excluding carboxylic acids is 1. The third-order valence-electron chi connectivity index (χ3n) is 8.80. The van der Waals surface area contributed by atoms with Gasteiger partial charge in [-0.25, -0.2) is 9.98 Å². The summed E-state index contributed by atoms with van der Waals surface area (Å²) < 4.78 is 8.25. The maximum atomic E-state index is 13.6. The van der Waals surface area contributed by atoms with Crippen molar-refractivity contribution in [1.29, 1.82) is 0 Å². The summed E-state index contributed by atoms with van der Waals surface area (Å²) >= 11 is 0. The molecule has 0 radical (unpaired) electrons. The third-order valence-corrected chi connectivity index (χ3v) is 8.80. The van der Waals surface area contributed by atoms with Crippen molar-refractivity contribution in [3.8, 4) is 0 Å². The molecule has 1 amide bonds. The zero-order valence-corrected chi connectivity index (χ0v) is 26.4. The molecular weight excluding hydrogens is 702 g/mol. The second-order valence-corrected chi connectivity index (χ2v) is 10.9. The predicted molar refractivity (Wildman–Crippen MR) is 144 cm³/mol. The molecule has 2 N–H and O–H groups in total. The molecule has 8 nitrogen and oxygen atoms in total. The average Bonchev–Trinajstić information content (AvgIpc) is 3.24. The Labute approximate surface area is 248 Å². The summed E-state index contributed by atoms with van der Waals surface area (Å²) in [7, 11) is 1.70. The van der Waals surface area contributed by atoms with E-state index in [-0.39, 0.29) is 68.7 Å². The minimum atomic E-state index is -0.292. The van der Waals surface area contributed by atoms with Crippen molar-refractivity contribution in [3.63, 3.8) is 0 Å². The Balaban J connectivity index is 0.00000147.